The Morgan fingerprint density at radius 2 is 1.13 bits per heavy atom. The molecule has 0 aliphatic rings. The normalized spacial score (nSPS) is 11.4. The van der Waals surface area contributed by atoms with E-state index in [1.807, 2.05) is 24.3 Å². The van der Waals surface area contributed by atoms with E-state index in [4.69, 9.17) is 0 Å². The molecule has 0 atom stereocenters. The summed E-state index contributed by atoms with van der Waals surface area (Å²) in [5.41, 5.74) is 3.99. The van der Waals surface area contributed by atoms with Crippen LogP contribution in [0.5, 0.6) is 0 Å². The highest BCUT2D eigenvalue weighted by molar-refractivity contribution is 5.75. The van der Waals surface area contributed by atoms with E-state index in [9.17, 15) is 8.78 Å². The summed E-state index contributed by atoms with van der Waals surface area (Å²) in [7, 11) is 0. The highest BCUT2D eigenvalue weighted by atomic mass is 19.2. The number of aryl methyl sites for hydroxylation is 2. The molecule has 0 unspecified atom stereocenters. The summed E-state index contributed by atoms with van der Waals surface area (Å²) in [5.74, 6) is -3.44. The van der Waals surface area contributed by atoms with Crippen LogP contribution in [0, 0.1) is 23.3 Å². The molecule has 0 saturated heterocycles. The van der Waals surface area contributed by atoms with Gasteiger partial charge in [-0.15, -0.1) is 0 Å². The van der Waals surface area contributed by atoms with Crippen molar-refractivity contribution in [2.45, 2.75) is 52.4 Å². The lowest BCUT2D eigenvalue weighted by Crippen LogP contribution is -1.97. The molecule has 38 heavy (non-hydrogen) atoms. The van der Waals surface area contributed by atoms with Crippen LogP contribution in [-0.2, 0) is 12.8 Å². The fourth-order valence-electron chi connectivity index (χ4n) is 4.59. The van der Waals surface area contributed by atoms with Crippen molar-refractivity contribution in [1.82, 2.24) is 0 Å². The van der Waals surface area contributed by atoms with Gasteiger partial charge in [0.05, 0.1) is 0 Å². The van der Waals surface area contributed by atoms with Crippen molar-refractivity contribution in [1.29, 1.82) is 0 Å². The Bertz CT molecular complexity index is 1400. The minimum absolute atomic E-state index is 0.163. The Balaban J connectivity index is 1.50. The maximum absolute atomic E-state index is 15.1. The highest BCUT2D eigenvalue weighted by Gasteiger charge is 2.16. The molecule has 4 rings (SSSR count). The van der Waals surface area contributed by atoms with Gasteiger partial charge in [-0.05, 0) is 47.1 Å². The van der Waals surface area contributed by atoms with E-state index in [1.54, 1.807) is 54.6 Å². The first-order valence-electron chi connectivity index (χ1n) is 13.3. The number of rotatable bonds is 10. The van der Waals surface area contributed by atoms with Crippen molar-refractivity contribution < 1.29 is 17.6 Å². The number of benzene rings is 4. The monoisotopic (exact) mass is 516 g/mol. The van der Waals surface area contributed by atoms with Crippen LogP contribution in [0.1, 0.15) is 61.8 Å². The molecule has 0 N–H and O–H groups in total. The average molecular weight is 517 g/mol. The molecule has 0 spiro atoms. The molecule has 0 heterocycles. The second-order valence-electron chi connectivity index (χ2n) is 9.59. The molecule has 0 bridgehead atoms. The second kappa shape index (κ2) is 12.7. The lowest BCUT2D eigenvalue weighted by Gasteiger charge is -2.10. The molecule has 0 nitrogen and oxygen atoms in total. The minimum Gasteiger partial charge on any atom is -0.203 e. The van der Waals surface area contributed by atoms with E-state index < -0.39 is 23.3 Å². The maximum atomic E-state index is 15.1. The smallest absolute Gasteiger partial charge is 0.167 e. The summed E-state index contributed by atoms with van der Waals surface area (Å²) in [6.07, 6.45) is 8.49. The summed E-state index contributed by atoms with van der Waals surface area (Å²) >= 11 is 0. The summed E-state index contributed by atoms with van der Waals surface area (Å²) in [6.45, 7) is 4.16. The van der Waals surface area contributed by atoms with Gasteiger partial charge in [0.15, 0.2) is 23.3 Å². The van der Waals surface area contributed by atoms with Gasteiger partial charge in [-0.1, -0.05) is 118 Å². The number of hydrogen-bond donors (Lipinski definition) is 0. The number of unbranched alkanes of at least 4 members (excludes halogenated alkanes) is 2. The van der Waals surface area contributed by atoms with E-state index in [0.717, 1.165) is 43.2 Å². The largest absolute Gasteiger partial charge is 0.203 e. The van der Waals surface area contributed by atoms with E-state index in [2.05, 4.69) is 13.8 Å². The molecule has 0 saturated carbocycles. The van der Waals surface area contributed by atoms with E-state index in [0.29, 0.717) is 23.1 Å². The summed E-state index contributed by atoms with van der Waals surface area (Å²) < 4.78 is 59.0. The predicted octanol–water partition coefficient (Wildman–Crippen LogP) is 10.4. The third-order valence-corrected chi connectivity index (χ3v) is 6.80. The van der Waals surface area contributed by atoms with Gasteiger partial charge >= 0.3 is 0 Å². The molecule has 4 heteroatoms. The molecule has 196 valence electrons. The van der Waals surface area contributed by atoms with Crippen molar-refractivity contribution in [3.8, 4) is 22.3 Å². The fourth-order valence-corrected chi connectivity index (χ4v) is 4.59. The van der Waals surface area contributed by atoms with Gasteiger partial charge in [0.2, 0.25) is 0 Å². The summed E-state index contributed by atoms with van der Waals surface area (Å²) in [5, 5.41) is 0. The Labute approximate surface area is 222 Å². The highest BCUT2D eigenvalue weighted by Crippen LogP contribution is 2.32. The molecule has 4 aromatic rings. The second-order valence-corrected chi connectivity index (χ2v) is 9.59. The molecule has 0 radical (unpaired) electrons. The molecule has 0 fully saturated rings. The molecule has 0 aliphatic carbocycles. The van der Waals surface area contributed by atoms with Gasteiger partial charge in [0.25, 0.3) is 0 Å². The van der Waals surface area contributed by atoms with Crippen molar-refractivity contribution >= 4 is 12.2 Å². The number of hydrogen-bond acceptors (Lipinski definition) is 0. The molecule has 0 amide bonds. The first-order chi connectivity index (χ1) is 18.4. The first-order valence-corrected chi connectivity index (χ1v) is 13.3. The topological polar surface area (TPSA) is 0 Å². The average Bonchev–Trinajstić information content (AvgIpc) is 2.93. The van der Waals surface area contributed by atoms with E-state index >= 15 is 8.78 Å². The summed E-state index contributed by atoms with van der Waals surface area (Å²) in [6, 6.07) is 20.8. The van der Waals surface area contributed by atoms with Crippen LogP contribution in [-0.4, -0.2) is 0 Å². The Hall–Kier alpha value is -3.66. The van der Waals surface area contributed by atoms with Crippen molar-refractivity contribution in [2.24, 2.45) is 0 Å². The van der Waals surface area contributed by atoms with Crippen LogP contribution in [0.15, 0.2) is 72.8 Å². The zero-order valence-corrected chi connectivity index (χ0v) is 21.8. The van der Waals surface area contributed by atoms with Crippen LogP contribution in [0.2, 0.25) is 0 Å². The zero-order chi connectivity index (χ0) is 27.1. The van der Waals surface area contributed by atoms with Crippen molar-refractivity contribution in [3.05, 3.63) is 118 Å². The summed E-state index contributed by atoms with van der Waals surface area (Å²) in [4.78, 5) is 0. The first kappa shape index (κ1) is 27.4. The van der Waals surface area contributed by atoms with Crippen LogP contribution in [0.3, 0.4) is 0 Å². The Morgan fingerprint density at radius 1 is 0.526 bits per heavy atom. The lowest BCUT2D eigenvalue weighted by molar-refractivity contribution is 0.494. The molecular weight excluding hydrogens is 484 g/mol. The third-order valence-electron chi connectivity index (χ3n) is 6.80. The number of halogens is 4. The van der Waals surface area contributed by atoms with Crippen LogP contribution >= 0.6 is 0 Å². The molecule has 4 aromatic carbocycles. The van der Waals surface area contributed by atoms with Gasteiger partial charge in [-0.3, -0.25) is 0 Å². The Morgan fingerprint density at radius 3 is 1.71 bits per heavy atom. The third kappa shape index (κ3) is 6.24. The lowest BCUT2D eigenvalue weighted by atomic mass is 9.97. The molecule has 0 aliphatic heterocycles. The quantitative estimate of drug-likeness (QED) is 0.112. The standard InChI is InChI=1S/C34H32F4/c1-3-5-6-8-27-19-20-28(32(36)31(27)35)18-13-24-11-16-26(17-12-24)30-22-21-29(33(37)34(30)38)25-14-9-23(7-4-2)10-15-25/h9-22H,3-8H2,1-2H3. The molecular formula is C34H32F4. The van der Waals surface area contributed by atoms with Gasteiger partial charge in [-0.2, -0.15) is 0 Å². The van der Waals surface area contributed by atoms with E-state index in [-0.39, 0.29) is 16.7 Å². The van der Waals surface area contributed by atoms with Gasteiger partial charge in [0, 0.05) is 16.7 Å². The van der Waals surface area contributed by atoms with Crippen LogP contribution < -0.4 is 0 Å². The minimum atomic E-state index is -0.903. The van der Waals surface area contributed by atoms with Crippen molar-refractivity contribution in [3.63, 3.8) is 0 Å². The van der Waals surface area contributed by atoms with E-state index in [1.165, 1.54) is 6.08 Å². The predicted molar refractivity (Wildman–Crippen MR) is 150 cm³/mol. The van der Waals surface area contributed by atoms with Gasteiger partial charge in [-0.25, -0.2) is 17.6 Å². The molecule has 0 aromatic heterocycles. The van der Waals surface area contributed by atoms with Crippen molar-refractivity contribution in [2.75, 3.05) is 0 Å². The maximum Gasteiger partial charge on any atom is 0.167 e. The van der Waals surface area contributed by atoms with Gasteiger partial charge in [0.1, 0.15) is 0 Å². The SMILES string of the molecule is CCCCCc1ccc(C=Cc2ccc(-c3ccc(-c4ccc(CCC)cc4)c(F)c3F)cc2)c(F)c1F. The fraction of sp³-hybridized carbons (Fsp3) is 0.235. The van der Waals surface area contributed by atoms with Gasteiger partial charge < -0.3 is 0 Å². The Kier molecular flexibility index (Phi) is 9.17. The van der Waals surface area contributed by atoms with Crippen LogP contribution in [0.4, 0.5) is 17.6 Å². The zero-order valence-electron chi connectivity index (χ0n) is 21.8. The van der Waals surface area contributed by atoms with Crippen LogP contribution in [0.25, 0.3) is 34.4 Å².